The van der Waals surface area contributed by atoms with E-state index in [1.54, 1.807) is 0 Å². The third-order valence-electron chi connectivity index (χ3n) is 22.2. The number of esters is 1. The number of rotatable bonds is 12. The number of hydrogen-bond acceptors (Lipinski definition) is 6. The van der Waals surface area contributed by atoms with Crippen LogP contribution < -0.4 is 9.80 Å². The van der Waals surface area contributed by atoms with Crippen molar-refractivity contribution in [1.29, 1.82) is 0 Å². The molecule has 8 aliphatic rings. The molecule has 0 unspecified atom stereocenters. The van der Waals surface area contributed by atoms with Gasteiger partial charge in [0, 0.05) is 89.6 Å². The number of fused-ring (bicyclic) bond motifs is 10. The van der Waals surface area contributed by atoms with Gasteiger partial charge in [0.25, 0.3) is 0 Å². The van der Waals surface area contributed by atoms with Crippen molar-refractivity contribution in [3.8, 4) is 22.5 Å². The van der Waals surface area contributed by atoms with Gasteiger partial charge < -0.3 is 33.7 Å². The number of anilines is 2. The molecule has 446 valence electrons. The molecule has 4 aromatic carbocycles. The fourth-order valence-corrected chi connectivity index (χ4v) is 17.8. The van der Waals surface area contributed by atoms with Crippen LogP contribution in [0, 0.1) is 23.7 Å². The Labute approximate surface area is 508 Å². The summed E-state index contributed by atoms with van der Waals surface area (Å²) in [7, 11) is 1.48. The lowest BCUT2D eigenvalue weighted by molar-refractivity contribution is 0.0600. The summed E-state index contributed by atoms with van der Waals surface area (Å²) in [5, 5.41) is 12.4. The van der Waals surface area contributed by atoms with E-state index in [2.05, 4.69) is 90.6 Å². The van der Waals surface area contributed by atoms with Crippen LogP contribution in [-0.2, 0) is 17.8 Å². The lowest BCUT2D eigenvalue weighted by atomic mass is 9.74. The van der Waals surface area contributed by atoms with Gasteiger partial charge in [-0.2, -0.15) is 0 Å². The van der Waals surface area contributed by atoms with Crippen LogP contribution in [0.2, 0.25) is 0 Å². The van der Waals surface area contributed by atoms with Gasteiger partial charge in [-0.1, -0.05) is 138 Å². The van der Waals surface area contributed by atoms with Gasteiger partial charge >= 0.3 is 11.9 Å². The second-order valence-electron chi connectivity index (χ2n) is 26.6. The van der Waals surface area contributed by atoms with Crippen molar-refractivity contribution in [2.24, 2.45) is 23.7 Å². The molecule has 0 atom stereocenters. The molecule has 1 saturated heterocycles. The fourth-order valence-electron chi connectivity index (χ4n) is 17.8. The summed E-state index contributed by atoms with van der Waals surface area (Å²) < 4.78 is 10.1. The number of aromatic carboxylic acids is 1. The summed E-state index contributed by atoms with van der Waals surface area (Å²) >= 11 is 0. The summed E-state index contributed by atoms with van der Waals surface area (Å²) in [6.07, 6.45) is 35.6. The van der Waals surface area contributed by atoms with E-state index in [1.165, 1.54) is 248 Å². The minimum Gasteiger partial charge on any atom is -0.478 e. The molecule has 6 fully saturated rings. The van der Waals surface area contributed by atoms with Crippen molar-refractivity contribution in [3.05, 3.63) is 107 Å². The molecule has 14 rings (SSSR count). The first-order chi connectivity index (χ1) is 39.9. The Morgan fingerprint density at radius 1 is 0.482 bits per heavy atom. The average Bonchev–Trinajstić information content (AvgIpc) is 2.84. The first-order valence-corrected chi connectivity index (χ1v) is 32.9. The number of hydrogen-bond donors (Lipinski definition) is 1. The molecule has 5 aliphatic carbocycles. The molecule has 3 aliphatic heterocycles. The fraction of sp³-hybridized carbons (Fsp3) is 0.583. The first kappa shape index (κ1) is 59.8. The van der Waals surface area contributed by atoms with Gasteiger partial charge in [0.2, 0.25) is 0 Å². The van der Waals surface area contributed by atoms with Crippen LogP contribution in [0.25, 0.3) is 44.3 Å². The Hall–Kier alpha value is -4.96. The Morgan fingerprint density at radius 2 is 0.928 bits per heavy atom. The van der Waals surface area contributed by atoms with Crippen molar-refractivity contribution in [2.75, 3.05) is 56.2 Å². The molecule has 9 nitrogen and oxygen atoms in total. The lowest BCUT2D eigenvalue weighted by Crippen LogP contribution is -2.40. The highest BCUT2D eigenvalue weighted by atomic mass is 35.5. The van der Waals surface area contributed by atoms with E-state index in [4.69, 9.17) is 4.74 Å². The topological polar surface area (TPSA) is 83.2 Å². The van der Waals surface area contributed by atoms with E-state index >= 15 is 0 Å². The smallest absolute Gasteiger partial charge is 0.337 e. The van der Waals surface area contributed by atoms with Crippen LogP contribution in [0.5, 0.6) is 0 Å². The second kappa shape index (κ2) is 27.2. The summed E-state index contributed by atoms with van der Waals surface area (Å²) in [4.78, 5) is 32.6. The Morgan fingerprint density at radius 3 is 1.43 bits per heavy atom. The molecule has 2 aromatic heterocycles. The minimum absolute atomic E-state index is 0. The predicted octanol–water partition coefficient (Wildman–Crippen LogP) is 18.1. The van der Waals surface area contributed by atoms with Gasteiger partial charge in [-0.15, -0.1) is 24.8 Å². The number of carbonyl (C=O) groups is 2. The normalized spacial score (nSPS) is 22.1. The summed E-state index contributed by atoms with van der Waals surface area (Å²) in [6, 6.07) is 31.2. The van der Waals surface area contributed by atoms with Crippen molar-refractivity contribution in [2.45, 2.75) is 198 Å². The van der Waals surface area contributed by atoms with Crippen molar-refractivity contribution >= 4 is 69.9 Å². The summed E-state index contributed by atoms with van der Waals surface area (Å²) in [6.45, 7) is 8.66. The van der Waals surface area contributed by atoms with E-state index in [0.29, 0.717) is 23.0 Å². The Bertz CT molecular complexity index is 3160. The molecular formula is C72H95Cl2N5O4. The minimum atomic E-state index is -0.841. The quantitative estimate of drug-likeness (QED) is 0.122. The average molecular weight is 1170 g/mol. The summed E-state index contributed by atoms with van der Waals surface area (Å²) in [5.74, 6) is 3.79. The second-order valence-corrected chi connectivity index (χ2v) is 26.6. The van der Waals surface area contributed by atoms with Crippen LogP contribution in [0.15, 0.2) is 84.9 Å². The molecule has 0 radical (unpaired) electrons. The maximum atomic E-state index is 12.5. The molecule has 5 heterocycles. The number of likely N-dealkylation sites (tertiary alicyclic amines) is 1. The number of piperidine rings is 1. The van der Waals surface area contributed by atoms with Crippen LogP contribution in [0.4, 0.5) is 11.4 Å². The van der Waals surface area contributed by atoms with Crippen LogP contribution in [0.1, 0.15) is 211 Å². The van der Waals surface area contributed by atoms with Gasteiger partial charge in [-0.05, 0) is 173 Å². The SMILES string of the molecule is COC(=O)c1ccc2c(C3CCCCC3)c3n(c2c1)CCN(CCC1CCC(C2CCCC2)CC1)c1ccccc1-3.Cl.Cl.O=C(O)c1ccc2c(C3CCCCC3)c3n(c2c1)CCN(CCC1CCN(C2CCCC2)CC1)c1ccccc1-3. The van der Waals surface area contributed by atoms with Crippen LogP contribution >= 0.6 is 24.8 Å². The molecule has 0 bridgehead atoms. The standard InChI is InChI=1S/C37H48N2O2.C35H45N3O2.2ClH/c1-41-37(40)30-19-20-31-34(25-30)39-24-23-38(22-21-26-15-17-28(18-16-26)27-9-5-6-10-27)33-14-8-7-13-32(33)36(39)35(31)29-11-3-2-4-12-29;39-35(40)27-14-15-29-32(24-27)38-23-22-37(21-18-25-16-19-36(20-17-25)28-10-4-5-11-28)31-13-7-6-12-30(31)34(38)33(29)26-8-2-1-3-9-26;;/h7-8,13-14,19-20,25-29H,2-6,9-12,15-18,21-24H2,1H3;6-7,12-15,24-26,28H,1-5,8-11,16-23H2,(H,39,40);2*1H. The maximum Gasteiger partial charge on any atom is 0.337 e. The zero-order valence-corrected chi connectivity index (χ0v) is 51.5. The molecule has 83 heavy (non-hydrogen) atoms. The van der Waals surface area contributed by atoms with Gasteiger partial charge in [0.15, 0.2) is 0 Å². The third-order valence-corrected chi connectivity index (χ3v) is 22.2. The largest absolute Gasteiger partial charge is 0.478 e. The molecule has 11 heteroatoms. The van der Waals surface area contributed by atoms with E-state index < -0.39 is 5.97 Å². The number of carboxylic acid groups (broad SMARTS) is 1. The van der Waals surface area contributed by atoms with E-state index in [1.807, 2.05) is 18.2 Å². The van der Waals surface area contributed by atoms with Crippen molar-refractivity contribution < 1.29 is 19.4 Å². The van der Waals surface area contributed by atoms with Gasteiger partial charge in [-0.25, -0.2) is 9.59 Å². The highest BCUT2D eigenvalue weighted by molar-refractivity contribution is 6.01. The molecule has 1 N–H and O–H groups in total. The van der Waals surface area contributed by atoms with E-state index in [0.717, 1.165) is 74.5 Å². The number of nitrogens with zero attached hydrogens (tertiary/aromatic N) is 5. The summed E-state index contributed by atoms with van der Waals surface area (Å²) in [5.41, 5.74) is 14.6. The highest BCUT2D eigenvalue weighted by Crippen LogP contribution is 2.50. The van der Waals surface area contributed by atoms with Gasteiger partial charge in [0.1, 0.15) is 0 Å². The predicted molar refractivity (Wildman–Crippen MR) is 347 cm³/mol. The monoisotopic (exact) mass is 1160 g/mol. The zero-order chi connectivity index (χ0) is 54.8. The Kier molecular flexibility index (Phi) is 19.6. The van der Waals surface area contributed by atoms with Crippen molar-refractivity contribution in [1.82, 2.24) is 14.0 Å². The number of carboxylic acids is 1. The molecule has 0 amide bonds. The number of benzene rings is 4. The van der Waals surface area contributed by atoms with Gasteiger partial charge in [-0.3, -0.25) is 0 Å². The Balaban J connectivity index is 0.000000170. The number of methoxy groups -OCH3 is 1. The lowest BCUT2D eigenvalue weighted by Gasteiger charge is -2.37. The first-order valence-electron chi connectivity index (χ1n) is 32.9. The number of halogens is 2. The molecular weight excluding hydrogens is 1070 g/mol. The number of ether oxygens (including phenoxy) is 1. The third kappa shape index (κ3) is 12.4. The van der Waals surface area contributed by atoms with Gasteiger partial charge in [0.05, 0.1) is 29.6 Å². The number of para-hydroxylation sites is 2. The van der Waals surface area contributed by atoms with Crippen molar-refractivity contribution in [3.63, 3.8) is 0 Å². The number of carbonyl (C=O) groups excluding carboxylic acids is 1. The van der Waals surface area contributed by atoms with Crippen LogP contribution in [-0.4, -0.2) is 83.5 Å². The molecule has 5 saturated carbocycles. The molecule has 6 aromatic rings. The maximum absolute atomic E-state index is 12.5. The van der Waals surface area contributed by atoms with Crippen LogP contribution in [0.3, 0.4) is 0 Å². The highest BCUT2D eigenvalue weighted by Gasteiger charge is 2.35. The van der Waals surface area contributed by atoms with E-state index in [-0.39, 0.29) is 30.8 Å². The molecule has 0 spiro atoms. The number of aromatic nitrogens is 2. The zero-order valence-electron chi connectivity index (χ0n) is 49.9. The van der Waals surface area contributed by atoms with E-state index in [9.17, 15) is 14.7 Å².